The first-order valence-corrected chi connectivity index (χ1v) is 9.98. The summed E-state index contributed by atoms with van der Waals surface area (Å²) in [5.41, 5.74) is 4.24. The molecular weight excluding hydrogens is 420 g/mol. The second kappa shape index (κ2) is 7.85. The van der Waals surface area contributed by atoms with Gasteiger partial charge in [0.1, 0.15) is 6.10 Å². The van der Waals surface area contributed by atoms with E-state index in [0.717, 1.165) is 21.4 Å². The van der Waals surface area contributed by atoms with E-state index in [1.165, 1.54) is 5.56 Å². The largest absolute Gasteiger partial charge is 0.370 e. The first-order valence-electron chi connectivity index (χ1n) is 9.18. The highest BCUT2D eigenvalue weighted by Crippen LogP contribution is 2.25. The van der Waals surface area contributed by atoms with Gasteiger partial charge in [0.25, 0.3) is 5.91 Å². The zero-order valence-electron chi connectivity index (χ0n) is 15.8. The summed E-state index contributed by atoms with van der Waals surface area (Å²) < 4.78 is 8.61. The van der Waals surface area contributed by atoms with Gasteiger partial charge in [0.2, 0.25) is 0 Å². The number of halogens is 1. The minimum atomic E-state index is -0.141. The molecule has 2 aromatic carbocycles. The van der Waals surface area contributed by atoms with Gasteiger partial charge in [-0.15, -0.1) is 5.10 Å². The highest BCUT2D eigenvalue weighted by molar-refractivity contribution is 9.10. The number of hydrogen-bond acceptors (Lipinski definition) is 4. The van der Waals surface area contributed by atoms with Crippen molar-refractivity contribution in [1.82, 2.24) is 19.9 Å². The second-order valence-electron chi connectivity index (χ2n) is 6.93. The Morgan fingerprint density at radius 2 is 1.82 bits per heavy atom. The molecule has 1 saturated heterocycles. The fourth-order valence-electron chi connectivity index (χ4n) is 3.32. The van der Waals surface area contributed by atoms with Crippen molar-refractivity contribution in [2.24, 2.45) is 0 Å². The van der Waals surface area contributed by atoms with Crippen LogP contribution in [0.15, 0.2) is 53.0 Å². The Morgan fingerprint density at radius 3 is 2.54 bits per heavy atom. The molecule has 1 amide bonds. The standard InChI is InChI=1S/C21H21BrN4O2/c1-14-3-9-18(10-4-14)26-15(2)20(23-24-26)21(27)25-11-12-28-19(13-25)16-5-7-17(22)8-6-16/h3-10,19H,11-13H2,1-2H3/t19-/m1/s1. The van der Waals surface area contributed by atoms with Crippen molar-refractivity contribution >= 4 is 21.8 Å². The lowest BCUT2D eigenvalue weighted by Crippen LogP contribution is -2.42. The lowest BCUT2D eigenvalue weighted by Gasteiger charge is -2.32. The van der Waals surface area contributed by atoms with E-state index in [1.54, 1.807) is 9.58 Å². The first kappa shape index (κ1) is 18.8. The average molecular weight is 441 g/mol. The van der Waals surface area contributed by atoms with Crippen molar-refractivity contribution in [3.8, 4) is 5.69 Å². The fraction of sp³-hybridized carbons (Fsp3) is 0.286. The molecular formula is C21H21BrN4O2. The van der Waals surface area contributed by atoms with Crippen LogP contribution in [0.25, 0.3) is 5.69 Å². The molecule has 0 aliphatic carbocycles. The number of aryl methyl sites for hydroxylation is 1. The molecule has 0 unspecified atom stereocenters. The van der Waals surface area contributed by atoms with Crippen LogP contribution in [0, 0.1) is 13.8 Å². The molecule has 3 aromatic rings. The predicted molar refractivity (Wildman–Crippen MR) is 110 cm³/mol. The van der Waals surface area contributed by atoms with E-state index in [-0.39, 0.29) is 12.0 Å². The molecule has 4 rings (SSSR count). The Hall–Kier alpha value is -2.51. The van der Waals surface area contributed by atoms with Gasteiger partial charge in [-0.1, -0.05) is 51.0 Å². The van der Waals surface area contributed by atoms with Crippen LogP contribution < -0.4 is 0 Å². The molecule has 1 fully saturated rings. The Labute approximate surface area is 172 Å². The summed E-state index contributed by atoms with van der Waals surface area (Å²) in [6.45, 7) is 5.45. The van der Waals surface area contributed by atoms with Crippen molar-refractivity contribution in [2.45, 2.75) is 20.0 Å². The molecule has 0 radical (unpaired) electrons. The Kier molecular flexibility index (Phi) is 5.28. The molecule has 7 heteroatoms. The number of carbonyl (C=O) groups excluding carboxylic acids is 1. The molecule has 0 saturated carbocycles. The Morgan fingerprint density at radius 1 is 1.11 bits per heavy atom. The number of amides is 1. The third kappa shape index (κ3) is 3.72. The number of aromatic nitrogens is 3. The summed E-state index contributed by atoms with van der Waals surface area (Å²) in [7, 11) is 0. The number of nitrogens with zero attached hydrogens (tertiary/aromatic N) is 4. The van der Waals surface area contributed by atoms with Crippen LogP contribution in [-0.4, -0.2) is 45.5 Å². The molecule has 1 aliphatic heterocycles. The second-order valence-corrected chi connectivity index (χ2v) is 7.85. The van der Waals surface area contributed by atoms with Crippen molar-refractivity contribution in [1.29, 1.82) is 0 Å². The topological polar surface area (TPSA) is 60.2 Å². The van der Waals surface area contributed by atoms with Gasteiger partial charge in [-0.3, -0.25) is 4.79 Å². The predicted octanol–water partition coefficient (Wildman–Crippen LogP) is 3.86. The van der Waals surface area contributed by atoms with Crippen LogP contribution >= 0.6 is 15.9 Å². The summed E-state index contributed by atoms with van der Waals surface area (Å²) >= 11 is 3.45. The van der Waals surface area contributed by atoms with E-state index < -0.39 is 0 Å². The third-order valence-electron chi connectivity index (χ3n) is 4.97. The van der Waals surface area contributed by atoms with Gasteiger partial charge >= 0.3 is 0 Å². The lowest BCUT2D eigenvalue weighted by atomic mass is 10.1. The van der Waals surface area contributed by atoms with E-state index in [1.807, 2.05) is 62.4 Å². The van der Waals surface area contributed by atoms with E-state index in [2.05, 4.69) is 26.2 Å². The number of morpholine rings is 1. The van der Waals surface area contributed by atoms with Crippen molar-refractivity contribution in [3.63, 3.8) is 0 Å². The highest BCUT2D eigenvalue weighted by atomic mass is 79.9. The number of carbonyl (C=O) groups is 1. The van der Waals surface area contributed by atoms with Crippen LogP contribution in [-0.2, 0) is 4.74 Å². The highest BCUT2D eigenvalue weighted by Gasteiger charge is 2.29. The van der Waals surface area contributed by atoms with Crippen LogP contribution in [0.4, 0.5) is 0 Å². The molecule has 0 spiro atoms. The maximum absolute atomic E-state index is 13.1. The first-order chi connectivity index (χ1) is 13.5. The summed E-state index contributed by atoms with van der Waals surface area (Å²) in [6, 6.07) is 16.0. The summed E-state index contributed by atoms with van der Waals surface area (Å²) in [5.74, 6) is -0.110. The van der Waals surface area contributed by atoms with Crippen LogP contribution in [0.1, 0.15) is 33.4 Å². The van der Waals surface area contributed by atoms with Gasteiger partial charge in [0.15, 0.2) is 5.69 Å². The van der Waals surface area contributed by atoms with E-state index >= 15 is 0 Å². The van der Waals surface area contributed by atoms with E-state index in [4.69, 9.17) is 4.74 Å². The zero-order valence-corrected chi connectivity index (χ0v) is 17.4. The molecule has 0 bridgehead atoms. The average Bonchev–Trinajstić information content (AvgIpc) is 3.10. The van der Waals surface area contributed by atoms with Gasteiger partial charge < -0.3 is 9.64 Å². The lowest BCUT2D eigenvalue weighted by molar-refractivity contribution is -0.0230. The number of rotatable bonds is 3. The SMILES string of the molecule is Cc1ccc(-n2nnc(C(=O)N3CCO[C@@H](c4ccc(Br)cc4)C3)c2C)cc1. The molecule has 1 atom stereocenters. The maximum atomic E-state index is 13.1. The third-order valence-corrected chi connectivity index (χ3v) is 5.50. The van der Waals surface area contributed by atoms with Crippen molar-refractivity contribution < 1.29 is 9.53 Å². The molecule has 144 valence electrons. The number of hydrogen-bond donors (Lipinski definition) is 0. The fourth-order valence-corrected chi connectivity index (χ4v) is 3.58. The Balaban J connectivity index is 1.54. The normalized spacial score (nSPS) is 17.0. The molecule has 2 heterocycles. The van der Waals surface area contributed by atoms with Gasteiger partial charge in [0, 0.05) is 11.0 Å². The van der Waals surface area contributed by atoms with Gasteiger partial charge in [-0.25, -0.2) is 4.68 Å². The smallest absolute Gasteiger partial charge is 0.276 e. The molecule has 1 aromatic heterocycles. The monoisotopic (exact) mass is 440 g/mol. The number of benzene rings is 2. The summed E-state index contributed by atoms with van der Waals surface area (Å²) in [5, 5.41) is 8.37. The molecule has 0 N–H and O–H groups in total. The molecule has 28 heavy (non-hydrogen) atoms. The molecule has 1 aliphatic rings. The minimum absolute atomic E-state index is 0.110. The zero-order chi connectivity index (χ0) is 19.7. The van der Waals surface area contributed by atoms with Gasteiger partial charge in [0.05, 0.1) is 24.5 Å². The van der Waals surface area contributed by atoms with E-state index in [9.17, 15) is 4.79 Å². The van der Waals surface area contributed by atoms with Gasteiger partial charge in [-0.2, -0.15) is 0 Å². The summed E-state index contributed by atoms with van der Waals surface area (Å²) in [4.78, 5) is 14.9. The van der Waals surface area contributed by atoms with Gasteiger partial charge in [-0.05, 0) is 43.7 Å². The van der Waals surface area contributed by atoms with Crippen LogP contribution in [0.2, 0.25) is 0 Å². The van der Waals surface area contributed by atoms with E-state index in [0.29, 0.717) is 25.4 Å². The summed E-state index contributed by atoms with van der Waals surface area (Å²) in [6.07, 6.45) is -0.141. The van der Waals surface area contributed by atoms with Crippen LogP contribution in [0.5, 0.6) is 0 Å². The maximum Gasteiger partial charge on any atom is 0.276 e. The van der Waals surface area contributed by atoms with Crippen LogP contribution in [0.3, 0.4) is 0 Å². The van der Waals surface area contributed by atoms with Crippen molar-refractivity contribution in [2.75, 3.05) is 19.7 Å². The quantitative estimate of drug-likeness (QED) is 0.620. The Bertz CT molecular complexity index is 983. The minimum Gasteiger partial charge on any atom is -0.370 e. The van der Waals surface area contributed by atoms with Crippen molar-refractivity contribution in [3.05, 3.63) is 75.5 Å². The molecule has 6 nitrogen and oxygen atoms in total. The number of ether oxygens (including phenoxy) is 1.